The Bertz CT molecular complexity index is 1090. The number of H-pyrrole nitrogens is 1. The minimum atomic E-state index is -0.463. The molecule has 2 aromatic heterocycles. The normalized spacial score (nSPS) is 14.5. The number of nitrogens with zero attached hydrogens (tertiary/aromatic N) is 4. The number of nitro benzene ring substituents is 1. The first-order chi connectivity index (χ1) is 12.9. The first kappa shape index (κ1) is 17.6. The van der Waals surface area contributed by atoms with Crippen LogP contribution >= 0.6 is 22.9 Å². The standard InChI is InChI=1S/C17H14ClN5O3S/c1-9(24)22(11-2-3-11)17-19-10(8-27-17)6-13(18)16-20-14-5-4-12(23(25)26)7-15(14)21-16/h4-8,11H,2-3H2,1H3,(H,20,21)/b13-6+. The molecule has 0 aliphatic heterocycles. The number of nitrogens with one attached hydrogen (secondary N) is 1. The molecule has 0 unspecified atom stereocenters. The Kier molecular flexibility index (Phi) is 4.40. The first-order valence-corrected chi connectivity index (χ1v) is 9.45. The van der Waals surface area contributed by atoms with Gasteiger partial charge in [0.1, 0.15) is 5.82 Å². The third kappa shape index (κ3) is 3.56. The van der Waals surface area contributed by atoms with Crippen molar-refractivity contribution < 1.29 is 9.72 Å². The zero-order valence-corrected chi connectivity index (χ0v) is 15.8. The third-order valence-electron chi connectivity index (χ3n) is 4.14. The number of carbonyl (C=O) groups excluding carboxylic acids is 1. The van der Waals surface area contributed by atoms with Crippen molar-refractivity contribution in [1.82, 2.24) is 15.0 Å². The van der Waals surface area contributed by atoms with E-state index < -0.39 is 4.92 Å². The molecule has 2 heterocycles. The maximum Gasteiger partial charge on any atom is 0.271 e. The van der Waals surface area contributed by atoms with Gasteiger partial charge in [-0.2, -0.15) is 0 Å². The smallest absolute Gasteiger partial charge is 0.271 e. The number of nitro groups is 1. The van der Waals surface area contributed by atoms with E-state index in [0.29, 0.717) is 32.7 Å². The Labute approximate surface area is 162 Å². The lowest BCUT2D eigenvalue weighted by Gasteiger charge is -2.16. The van der Waals surface area contributed by atoms with E-state index in [2.05, 4.69) is 15.0 Å². The van der Waals surface area contributed by atoms with Crippen molar-refractivity contribution in [3.05, 3.63) is 45.2 Å². The van der Waals surface area contributed by atoms with E-state index in [4.69, 9.17) is 11.6 Å². The van der Waals surface area contributed by atoms with Gasteiger partial charge in [0.25, 0.3) is 5.69 Å². The first-order valence-electron chi connectivity index (χ1n) is 8.19. The zero-order valence-electron chi connectivity index (χ0n) is 14.2. The van der Waals surface area contributed by atoms with Crippen molar-refractivity contribution in [2.75, 3.05) is 4.90 Å². The Morgan fingerprint density at radius 1 is 1.44 bits per heavy atom. The number of imidazole rings is 1. The Balaban J connectivity index is 1.61. The third-order valence-corrected chi connectivity index (χ3v) is 5.29. The highest BCUT2D eigenvalue weighted by molar-refractivity contribution is 7.14. The second-order valence-electron chi connectivity index (χ2n) is 6.21. The molecule has 27 heavy (non-hydrogen) atoms. The average Bonchev–Trinajstić information content (AvgIpc) is 3.17. The largest absolute Gasteiger partial charge is 0.337 e. The van der Waals surface area contributed by atoms with E-state index in [1.807, 2.05) is 5.38 Å². The number of hydrogen-bond acceptors (Lipinski definition) is 6. The number of anilines is 1. The van der Waals surface area contributed by atoms with E-state index in [9.17, 15) is 14.9 Å². The number of non-ortho nitro benzene ring substituents is 1. The molecule has 3 aromatic rings. The minimum absolute atomic E-state index is 0.0210. The zero-order chi connectivity index (χ0) is 19.1. The Morgan fingerprint density at radius 3 is 2.89 bits per heavy atom. The fraction of sp³-hybridized carbons (Fsp3) is 0.235. The summed E-state index contributed by atoms with van der Waals surface area (Å²) in [6.45, 7) is 1.54. The summed E-state index contributed by atoms with van der Waals surface area (Å²) in [5, 5.41) is 13.7. The molecular formula is C17H14ClN5O3S. The number of aromatic nitrogens is 3. The highest BCUT2D eigenvalue weighted by Crippen LogP contribution is 2.34. The Morgan fingerprint density at radius 2 is 2.22 bits per heavy atom. The van der Waals surface area contributed by atoms with Crippen LogP contribution in [0.2, 0.25) is 0 Å². The summed E-state index contributed by atoms with van der Waals surface area (Å²) in [5.74, 6) is 0.375. The fourth-order valence-corrected chi connectivity index (χ4v) is 3.85. The summed E-state index contributed by atoms with van der Waals surface area (Å²) in [7, 11) is 0. The van der Waals surface area contributed by atoms with Crippen LogP contribution in [0.25, 0.3) is 22.1 Å². The van der Waals surface area contributed by atoms with Gasteiger partial charge < -0.3 is 4.98 Å². The molecular weight excluding hydrogens is 390 g/mol. The van der Waals surface area contributed by atoms with Gasteiger partial charge in [-0.15, -0.1) is 11.3 Å². The van der Waals surface area contributed by atoms with Crippen molar-refractivity contribution >= 4 is 61.8 Å². The van der Waals surface area contributed by atoms with Gasteiger partial charge in [-0.25, -0.2) is 9.97 Å². The minimum Gasteiger partial charge on any atom is -0.337 e. The van der Waals surface area contributed by atoms with E-state index >= 15 is 0 Å². The molecule has 1 amide bonds. The van der Waals surface area contributed by atoms with E-state index in [0.717, 1.165) is 12.8 Å². The molecule has 0 atom stereocenters. The van der Waals surface area contributed by atoms with E-state index in [1.165, 1.54) is 30.4 Å². The van der Waals surface area contributed by atoms with Gasteiger partial charge >= 0.3 is 0 Å². The van der Waals surface area contributed by atoms with Crippen LogP contribution in [-0.2, 0) is 4.79 Å². The summed E-state index contributed by atoms with van der Waals surface area (Å²) in [5.41, 5.74) is 1.71. The van der Waals surface area contributed by atoms with Crippen molar-refractivity contribution in [2.45, 2.75) is 25.8 Å². The lowest BCUT2D eigenvalue weighted by molar-refractivity contribution is -0.384. The van der Waals surface area contributed by atoms with Crippen LogP contribution in [0.1, 0.15) is 31.3 Å². The second kappa shape index (κ2) is 6.75. The summed E-state index contributed by atoms with van der Waals surface area (Å²) >= 11 is 7.75. The van der Waals surface area contributed by atoms with Gasteiger partial charge in [-0.1, -0.05) is 11.6 Å². The SMILES string of the molecule is CC(=O)N(c1nc(/C=C(/Cl)c2nc3ccc([N+](=O)[O-])cc3[nH]2)cs1)C1CC1. The summed E-state index contributed by atoms with van der Waals surface area (Å²) in [6, 6.07) is 4.62. The molecule has 8 nitrogen and oxygen atoms in total. The summed E-state index contributed by atoms with van der Waals surface area (Å²) in [4.78, 5) is 35.8. The maximum absolute atomic E-state index is 11.8. The second-order valence-corrected chi connectivity index (χ2v) is 7.46. The number of benzene rings is 1. The van der Waals surface area contributed by atoms with Gasteiger partial charge in [0.15, 0.2) is 5.13 Å². The molecule has 0 saturated heterocycles. The van der Waals surface area contributed by atoms with Crippen molar-refractivity contribution in [3.63, 3.8) is 0 Å². The van der Waals surface area contributed by atoms with Crippen molar-refractivity contribution in [2.24, 2.45) is 0 Å². The highest BCUT2D eigenvalue weighted by Gasteiger charge is 2.33. The van der Waals surface area contributed by atoms with Crippen LogP contribution < -0.4 is 4.90 Å². The number of rotatable bonds is 5. The topological polar surface area (TPSA) is 105 Å². The molecule has 10 heteroatoms. The molecule has 1 N–H and O–H groups in total. The quantitative estimate of drug-likeness (QED) is 0.508. The fourth-order valence-electron chi connectivity index (χ4n) is 2.76. The molecule has 1 aromatic carbocycles. The molecule has 138 valence electrons. The number of hydrogen-bond donors (Lipinski definition) is 1. The molecule has 1 saturated carbocycles. The number of carbonyl (C=O) groups is 1. The molecule has 4 rings (SSSR count). The van der Waals surface area contributed by atoms with E-state index in [1.54, 1.807) is 17.0 Å². The number of fused-ring (bicyclic) bond motifs is 1. The Hall–Kier alpha value is -2.78. The van der Waals surface area contributed by atoms with Crippen LogP contribution in [0.5, 0.6) is 0 Å². The molecule has 0 spiro atoms. The van der Waals surface area contributed by atoms with Gasteiger partial charge in [0.05, 0.1) is 26.7 Å². The van der Waals surface area contributed by atoms with Gasteiger partial charge in [-0.05, 0) is 25.0 Å². The number of amides is 1. The molecule has 1 aliphatic carbocycles. The molecule has 1 aliphatic rings. The van der Waals surface area contributed by atoms with Gasteiger partial charge in [0, 0.05) is 30.5 Å². The number of halogens is 1. The summed E-state index contributed by atoms with van der Waals surface area (Å²) < 4.78 is 0. The predicted octanol–water partition coefficient (Wildman–Crippen LogP) is 4.18. The van der Waals surface area contributed by atoms with Gasteiger partial charge in [-0.3, -0.25) is 19.8 Å². The monoisotopic (exact) mass is 403 g/mol. The van der Waals surface area contributed by atoms with Crippen molar-refractivity contribution in [1.29, 1.82) is 0 Å². The van der Waals surface area contributed by atoms with Crippen LogP contribution in [0.15, 0.2) is 23.6 Å². The highest BCUT2D eigenvalue weighted by atomic mass is 35.5. The predicted molar refractivity (Wildman–Crippen MR) is 105 cm³/mol. The van der Waals surface area contributed by atoms with Crippen molar-refractivity contribution in [3.8, 4) is 0 Å². The van der Waals surface area contributed by atoms with Gasteiger partial charge in [0.2, 0.25) is 5.91 Å². The van der Waals surface area contributed by atoms with Crippen LogP contribution in [0.3, 0.4) is 0 Å². The lowest BCUT2D eigenvalue weighted by atomic mass is 10.3. The molecule has 0 radical (unpaired) electrons. The molecule has 0 bridgehead atoms. The average molecular weight is 404 g/mol. The number of thiazole rings is 1. The maximum atomic E-state index is 11.8. The van der Waals surface area contributed by atoms with Crippen LogP contribution in [0.4, 0.5) is 10.8 Å². The lowest BCUT2D eigenvalue weighted by Crippen LogP contribution is -2.30. The van der Waals surface area contributed by atoms with E-state index in [-0.39, 0.29) is 17.6 Å². The molecule has 1 fully saturated rings. The summed E-state index contributed by atoms with van der Waals surface area (Å²) in [6.07, 6.45) is 3.64. The van der Waals surface area contributed by atoms with Crippen LogP contribution in [0, 0.1) is 10.1 Å². The number of aromatic amines is 1. The van der Waals surface area contributed by atoms with Crippen LogP contribution in [-0.4, -0.2) is 31.8 Å².